The number of aliphatic hydroxyl groups excluding tert-OH is 1. The van der Waals surface area contributed by atoms with Gasteiger partial charge in [0.1, 0.15) is 6.23 Å². The monoisotopic (exact) mass is 230 g/mol. The molecule has 1 aromatic carbocycles. The topological polar surface area (TPSA) is 59.1 Å². The van der Waals surface area contributed by atoms with Crippen molar-refractivity contribution in [1.29, 1.82) is 0 Å². The predicted molar refractivity (Wildman–Crippen MR) is 69.5 cm³/mol. The lowest BCUT2D eigenvalue weighted by Gasteiger charge is -2.06. The molecule has 1 heterocycles. The van der Waals surface area contributed by atoms with Crippen LogP contribution in [0.1, 0.15) is 24.8 Å². The van der Waals surface area contributed by atoms with E-state index in [0.717, 1.165) is 24.8 Å². The highest BCUT2D eigenvalue weighted by molar-refractivity contribution is 5.81. The zero-order chi connectivity index (χ0) is 12.1. The van der Waals surface area contributed by atoms with Gasteiger partial charge in [0.05, 0.1) is 5.52 Å². The summed E-state index contributed by atoms with van der Waals surface area (Å²) in [5, 5.41) is 10.2. The van der Waals surface area contributed by atoms with E-state index in [0.29, 0.717) is 6.42 Å². The van der Waals surface area contributed by atoms with Crippen LogP contribution < -0.4 is 5.73 Å². The second kappa shape index (κ2) is 5.75. The summed E-state index contributed by atoms with van der Waals surface area (Å²) < 4.78 is 0. The predicted octanol–water partition coefficient (Wildman–Crippen LogP) is 2.22. The van der Waals surface area contributed by atoms with Crippen LogP contribution in [0.25, 0.3) is 10.9 Å². The third kappa shape index (κ3) is 3.25. The molecule has 1 atom stereocenters. The number of unbranched alkanes of at least 4 members (excludes halogenated alkanes) is 1. The molecule has 0 aliphatic rings. The fourth-order valence-corrected chi connectivity index (χ4v) is 2.04. The molecule has 1 unspecified atom stereocenters. The van der Waals surface area contributed by atoms with Crippen LogP contribution in [-0.4, -0.2) is 16.3 Å². The average molecular weight is 230 g/mol. The summed E-state index contributed by atoms with van der Waals surface area (Å²) in [6, 6.07) is 10.3. The maximum Gasteiger partial charge on any atom is 0.102 e. The van der Waals surface area contributed by atoms with Crippen molar-refractivity contribution < 1.29 is 5.11 Å². The summed E-state index contributed by atoms with van der Waals surface area (Å²) >= 11 is 0. The molecule has 3 N–H and O–H groups in total. The minimum atomic E-state index is -0.677. The van der Waals surface area contributed by atoms with Gasteiger partial charge < -0.3 is 10.8 Å². The van der Waals surface area contributed by atoms with Gasteiger partial charge in [-0.25, -0.2) is 0 Å². The summed E-state index contributed by atoms with van der Waals surface area (Å²) in [5.41, 5.74) is 7.67. The van der Waals surface area contributed by atoms with Crippen LogP contribution in [-0.2, 0) is 6.42 Å². The highest BCUT2D eigenvalue weighted by atomic mass is 16.3. The maximum absolute atomic E-state index is 8.99. The Morgan fingerprint density at radius 3 is 2.82 bits per heavy atom. The van der Waals surface area contributed by atoms with Crippen molar-refractivity contribution in [2.24, 2.45) is 5.73 Å². The van der Waals surface area contributed by atoms with E-state index in [9.17, 15) is 0 Å². The van der Waals surface area contributed by atoms with E-state index in [-0.39, 0.29) is 0 Å². The van der Waals surface area contributed by atoms with Gasteiger partial charge in [0.25, 0.3) is 0 Å². The van der Waals surface area contributed by atoms with E-state index in [2.05, 4.69) is 17.1 Å². The Kier molecular flexibility index (Phi) is 4.07. The normalized spacial score (nSPS) is 12.8. The van der Waals surface area contributed by atoms with Gasteiger partial charge >= 0.3 is 0 Å². The van der Waals surface area contributed by atoms with Gasteiger partial charge in [0.2, 0.25) is 0 Å². The fraction of sp³-hybridized carbons (Fsp3) is 0.357. The van der Waals surface area contributed by atoms with Crippen molar-refractivity contribution in [2.45, 2.75) is 31.9 Å². The van der Waals surface area contributed by atoms with Crippen molar-refractivity contribution in [3.05, 3.63) is 42.1 Å². The first-order valence-electron chi connectivity index (χ1n) is 6.03. The number of rotatable bonds is 5. The van der Waals surface area contributed by atoms with Gasteiger partial charge in [-0.05, 0) is 43.4 Å². The lowest BCUT2D eigenvalue weighted by atomic mass is 10.0. The standard InChI is InChI=1S/C14H18N2O/c15-14(17)8-4-1-5-11-9-10-16-13-7-3-2-6-12(11)13/h2-3,6-7,9-10,14,17H,1,4-5,8,15H2. The smallest absolute Gasteiger partial charge is 0.102 e. The summed E-state index contributed by atoms with van der Waals surface area (Å²) in [6.07, 6.45) is 4.86. The highest BCUT2D eigenvalue weighted by Crippen LogP contribution is 2.18. The molecule has 0 saturated carbocycles. The van der Waals surface area contributed by atoms with Gasteiger partial charge in [-0.2, -0.15) is 0 Å². The molecule has 90 valence electrons. The molecule has 0 aliphatic carbocycles. The molecule has 0 bridgehead atoms. The Morgan fingerprint density at radius 1 is 1.18 bits per heavy atom. The van der Waals surface area contributed by atoms with Crippen LogP contribution in [0.3, 0.4) is 0 Å². The molecule has 1 aromatic heterocycles. The third-order valence-electron chi connectivity index (χ3n) is 2.94. The van der Waals surface area contributed by atoms with Crippen LogP contribution in [0.5, 0.6) is 0 Å². The molecule has 2 rings (SSSR count). The van der Waals surface area contributed by atoms with E-state index >= 15 is 0 Å². The average Bonchev–Trinajstić information content (AvgIpc) is 2.34. The first-order valence-corrected chi connectivity index (χ1v) is 6.03. The molecule has 0 amide bonds. The second-order valence-electron chi connectivity index (χ2n) is 4.30. The number of aromatic nitrogens is 1. The zero-order valence-electron chi connectivity index (χ0n) is 9.84. The summed E-state index contributed by atoms with van der Waals surface area (Å²) in [7, 11) is 0. The Morgan fingerprint density at radius 2 is 2.00 bits per heavy atom. The maximum atomic E-state index is 8.99. The molecule has 0 spiro atoms. The fourth-order valence-electron chi connectivity index (χ4n) is 2.04. The van der Waals surface area contributed by atoms with Crippen molar-refractivity contribution in [2.75, 3.05) is 0 Å². The molecular weight excluding hydrogens is 212 g/mol. The van der Waals surface area contributed by atoms with E-state index in [1.807, 2.05) is 24.4 Å². The van der Waals surface area contributed by atoms with E-state index < -0.39 is 6.23 Å². The van der Waals surface area contributed by atoms with Gasteiger partial charge in [0, 0.05) is 11.6 Å². The van der Waals surface area contributed by atoms with Crippen LogP contribution in [0, 0.1) is 0 Å². The number of nitrogens with zero attached hydrogens (tertiary/aromatic N) is 1. The van der Waals surface area contributed by atoms with Crippen LogP contribution in [0.15, 0.2) is 36.5 Å². The van der Waals surface area contributed by atoms with Crippen LogP contribution in [0.4, 0.5) is 0 Å². The number of hydrogen-bond acceptors (Lipinski definition) is 3. The minimum Gasteiger partial charge on any atom is -0.379 e. The third-order valence-corrected chi connectivity index (χ3v) is 2.94. The van der Waals surface area contributed by atoms with Crippen molar-refractivity contribution >= 4 is 10.9 Å². The summed E-state index contributed by atoms with van der Waals surface area (Å²) in [5.74, 6) is 0. The minimum absolute atomic E-state index is 0.670. The number of pyridine rings is 1. The Labute approximate surface area is 101 Å². The lowest BCUT2D eigenvalue weighted by Crippen LogP contribution is -2.17. The van der Waals surface area contributed by atoms with Gasteiger partial charge in [-0.15, -0.1) is 0 Å². The summed E-state index contributed by atoms with van der Waals surface area (Å²) in [6.45, 7) is 0. The van der Waals surface area contributed by atoms with E-state index in [1.165, 1.54) is 10.9 Å². The van der Waals surface area contributed by atoms with Crippen molar-refractivity contribution in [3.8, 4) is 0 Å². The molecule has 17 heavy (non-hydrogen) atoms. The summed E-state index contributed by atoms with van der Waals surface area (Å²) in [4.78, 5) is 4.34. The number of nitrogens with two attached hydrogens (primary N) is 1. The lowest BCUT2D eigenvalue weighted by molar-refractivity contribution is 0.168. The number of aliphatic hydroxyl groups is 1. The first-order chi connectivity index (χ1) is 8.27. The Hall–Kier alpha value is -1.45. The molecule has 0 radical (unpaired) electrons. The highest BCUT2D eigenvalue weighted by Gasteiger charge is 2.01. The van der Waals surface area contributed by atoms with Gasteiger partial charge in [-0.1, -0.05) is 18.2 Å². The van der Waals surface area contributed by atoms with Gasteiger partial charge in [0.15, 0.2) is 0 Å². The van der Waals surface area contributed by atoms with Gasteiger partial charge in [-0.3, -0.25) is 4.98 Å². The number of aryl methyl sites for hydroxylation is 1. The SMILES string of the molecule is NC(O)CCCCc1ccnc2ccccc12. The Balaban J connectivity index is 2.03. The second-order valence-corrected chi connectivity index (χ2v) is 4.30. The molecule has 3 heteroatoms. The molecule has 3 nitrogen and oxygen atoms in total. The molecular formula is C14H18N2O. The van der Waals surface area contributed by atoms with Crippen LogP contribution >= 0.6 is 0 Å². The first kappa shape index (κ1) is 12.0. The molecule has 2 aromatic rings. The largest absolute Gasteiger partial charge is 0.379 e. The Bertz CT molecular complexity index is 477. The zero-order valence-corrected chi connectivity index (χ0v) is 9.84. The molecule has 0 fully saturated rings. The van der Waals surface area contributed by atoms with Crippen LogP contribution in [0.2, 0.25) is 0 Å². The number of hydrogen-bond donors (Lipinski definition) is 2. The molecule has 0 aliphatic heterocycles. The number of benzene rings is 1. The number of fused-ring (bicyclic) bond motifs is 1. The quantitative estimate of drug-likeness (QED) is 0.611. The van der Waals surface area contributed by atoms with Crippen molar-refractivity contribution in [1.82, 2.24) is 4.98 Å². The number of para-hydroxylation sites is 1. The van der Waals surface area contributed by atoms with Crippen molar-refractivity contribution in [3.63, 3.8) is 0 Å². The molecule has 0 saturated heterocycles. The van der Waals surface area contributed by atoms with E-state index in [1.54, 1.807) is 0 Å². The van der Waals surface area contributed by atoms with E-state index in [4.69, 9.17) is 10.8 Å².